The van der Waals surface area contributed by atoms with E-state index in [1.165, 1.54) is 24.3 Å². The van der Waals surface area contributed by atoms with E-state index in [4.69, 9.17) is 9.57 Å². The van der Waals surface area contributed by atoms with E-state index in [1.54, 1.807) is 24.3 Å². The second-order valence-electron chi connectivity index (χ2n) is 5.72. The highest BCUT2D eigenvalue weighted by atomic mass is 19.4. The number of hydrogen-bond acceptors (Lipinski definition) is 3. The first-order valence-corrected chi connectivity index (χ1v) is 7.38. The summed E-state index contributed by atoms with van der Waals surface area (Å²) in [5.74, 6) is -0.289. The van der Waals surface area contributed by atoms with Crippen LogP contribution in [0.15, 0.2) is 48.6 Å². The molecule has 128 valence electrons. The number of fused-ring (bicyclic) bond motifs is 1. The van der Waals surface area contributed by atoms with E-state index in [-0.39, 0.29) is 5.91 Å². The number of hydrogen-bond donors (Lipinski definition) is 0. The number of carbonyl (C=O) groups excluding carboxylic acids is 1. The molecule has 1 spiro atoms. The van der Waals surface area contributed by atoms with Crippen molar-refractivity contribution in [3.63, 3.8) is 0 Å². The fraction of sp³-hybridized carbons (Fsp3) is 0.353. The summed E-state index contributed by atoms with van der Waals surface area (Å²) in [6.45, 7) is -1.32. The molecule has 4 nitrogen and oxygen atoms in total. The van der Waals surface area contributed by atoms with Crippen molar-refractivity contribution in [3.8, 4) is 0 Å². The predicted octanol–water partition coefficient (Wildman–Crippen LogP) is 3.06. The number of nitrogens with zero attached hydrogens (tertiary/aromatic N) is 1. The minimum absolute atomic E-state index is 0.289. The van der Waals surface area contributed by atoms with Crippen molar-refractivity contribution in [3.05, 3.63) is 59.7 Å². The maximum Gasteiger partial charge on any atom is 0.411 e. The summed E-state index contributed by atoms with van der Waals surface area (Å²) >= 11 is 0. The SMILES string of the molecule is CON1C(=O)c2ccccc2CC12C=CC(OCC(F)(F)F)C=C2. The molecule has 7 heteroatoms. The summed E-state index contributed by atoms with van der Waals surface area (Å²) < 4.78 is 41.5. The number of amides is 1. The van der Waals surface area contributed by atoms with Crippen LogP contribution in [-0.4, -0.2) is 42.5 Å². The zero-order valence-electron chi connectivity index (χ0n) is 12.9. The summed E-state index contributed by atoms with van der Waals surface area (Å²) in [6, 6.07) is 7.20. The lowest BCUT2D eigenvalue weighted by Crippen LogP contribution is -2.54. The van der Waals surface area contributed by atoms with Gasteiger partial charge in [0.2, 0.25) is 0 Å². The van der Waals surface area contributed by atoms with E-state index in [1.807, 2.05) is 12.1 Å². The van der Waals surface area contributed by atoms with Gasteiger partial charge in [-0.25, -0.2) is 5.06 Å². The first-order valence-electron chi connectivity index (χ1n) is 7.38. The molecule has 0 saturated carbocycles. The summed E-state index contributed by atoms with van der Waals surface area (Å²) in [5, 5.41) is 1.24. The Kier molecular flexibility index (Phi) is 4.23. The molecule has 1 heterocycles. The fourth-order valence-electron chi connectivity index (χ4n) is 3.01. The Labute approximate surface area is 137 Å². The van der Waals surface area contributed by atoms with Crippen molar-refractivity contribution in [2.24, 2.45) is 0 Å². The standard InChI is InChI=1S/C17H16F3NO3/c1-23-21-15(22)14-5-3-2-4-12(14)10-16(21)8-6-13(7-9-16)24-11-17(18,19)20/h2-9,13H,10-11H2,1H3. The normalized spacial score (nSPS) is 26.1. The average Bonchev–Trinajstić information content (AvgIpc) is 2.54. The first-order chi connectivity index (χ1) is 11.3. The summed E-state index contributed by atoms with van der Waals surface area (Å²) in [6.07, 6.45) is 1.65. The molecule has 0 N–H and O–H groups in total. The van der Waals surface area contributed by atoms with Crippen molar-refractivity contribution in [2.45, 2.75) is 24.2 Å². The lowest BCUT2D eigenvalue weighted by atomic mass is 9.81. The van der Waals surface area contributed by atoms with Crippen molar-refractivity contribution in [2.75, 3.05) is 13.7 Å². The Bertz CT molecular complexity index is 683. The average molecular weight is 339 g/mol. The van der Waals surface area contributed by atoms with E-state index in [0.717, 1.165) is 5.56 Å². The Balaban J connectivity index is 1.84. The number of halogens is 3. The molecule has 24 heavy (non-hydrogen) atoms. The minimum atomic E-state index is -4.38. The van der Waals surface area contributed by atoms with Gasteiger partial charge in [-0.05, 0) is 11.6 Å². The van der Waals surface area contributed by atoms with Gasteiger partial charge in [0.15, 0.2) is 0 Å². The molecule has 0 radical (unpaired) electrons. The molecule has 1 aromatic carbocycles. The van der Waals surface area contributed by atoms with Gasteiger partial charge >= 0.3 is 6.18 Å². The molecule has 0 saturated heterocycles. The third-order valence-electron chi connectivity index (χ3n) is 4.06. The smallest absolute Gasteiger partial charge is 0.361 e. The third kappa shape index (κ3) is 3.09. The number of benzene rings is 1. The van der Waals surface area contributed by atoms with Crippen LogP contribution in [0.25, 0.3) is 0 Å². The van der Waals surface area contributed by atoms with Crippen LogP contribution in [0.5, 0.6) is 0 Å². The number of ether oxygens (including phenoxy) is 1. The lowest BCUT2D eigenvalue weighted by molar-refractivity contribution is -0.177. The van der Waals surface area contributed by atoms with E-state index >= 15 is 0 Å². The Morgan fingerprint density at radius 3 is 2.54 bits per heavy atom. The quantitative estimate of drug-likeness (QED) is 0.795. The molecular formula is C17H16F3NO3. The van der Waals surface area contributed by atoms with Crippen LogP contribution in [0, 0.1) is 0 Å². The molecule has 1 amide bonds. The van der Waals surface area contributed by atoms with E-state index in [9.17, 15) is 18.0 Å². The molecular weight excluding hydrogens is 323 g/mol. The van der Waals surface area contributed by atoms with Gasteiger partial charge in [0.25, 0.3) is 5.91 Å². The monoisotopic (exact) mass is 339 g/mol. The molecule has 1 aliphatic heterocycles. The van der Waals surface area contributed by atoms with E-state index in [0.29, 0.717) is 12.0 Å². The molecule has 0 bridgehead atoms. The Hall–Kier alpha value is -2.12. The summed E-state index contributed by atoms with van der Waals surface area (Å²) in [5.41, 5.74) is 0.556. The Morgan fingerprint density at radius 2 is 1.92 bits per heavy atom. The number of alkyl halides is 3. The maximum absolute atomic E-state index is 12.6. The van der Waals surface area contributed by atoms with Gasteiger partial charge in [-0.1, -0.05) is 42.5 Å². The van der Waals surface area contributed by atoms with E-state index < -0.39 is 24.4 Å². The second-order valence-corrected chi connectivity index (χ2v) is 5.72. The zero-order chi connectivity index (χ0) is 17.4. The highest BCUT2D eigenvalue weighted by Crippen LogP contribution is 2.35. The van der Waals surface area contributed by atoms with Crippen LogP contribution in [0.2, 0.25) is 0 Å². The van der Waals surface area contributed by atoms with Crippen LogP contribution in [-0.2, 0) is 16.0 Å². The lowest BCUT2D eigenvalue weighted by Gasteiger charge is -2.43. The Morgan fingerprint density at radius 1 is 1.25 bits per heavy atom. The predicted molar refractivity (Wildman–Crippen MR) is 80.1 cm³/mol. The van der Waals surface area contributed by atoms with Gasteiger partial charge in [0, 0.05) is 12.0 Å². The van der Waals surface area contributed by atoms with Gasteiger partial charge in [-0.15, -0.1) is 0 Å². The molecule has 2 aliphatic rings. The zero-order valence-corrected chi connectivity index (χ0v) is 12.9. The molecule has 1 aliphatic carbocycles. The highest BCUT2D eigenvalue weighted by Gasteiger charge is 2.43. The van der Waals surface area contributed by atoms with Gasteiger partial charge in [-0.3, -0.25) is 9.63 Å². The van der Waals surface area contributed by atoms with Crippen LogP contribution >= 0.6 is 0 Å². The molecule has 1 aromatic rings. The number of rotatable bonds is 3. The third-order valence-corrected chi connectivity index (χ3v) is 4.06. The molecule has 0 atom stereocenters. The van der Waals surface area contributed by atoms with Crippen LogP contribution in [0.1, 0.15) is 15.9 Å². The topological polar surface area (TPSA) is 38.8 Å². The van der Waals surface area contributed by atoms with Gasteiger partial charge in [0.05, 0.1) is 13.2 Å². The van der Waals surface area contributed by atoms with Gasteiger partial charge in [0.1, 0.15) is 12.1 Å². The summed E-state index contributed by atoms with van der Waals surface area (Å²) in [4.78, 5) is 17.9. The molecule has 0 aromatic heterocycles. The van der Waals surface area contributed by atoms with Crippen LogP contribution in [0.4, 0.5) is 13.2 Å². The number of hydroxylamine groups is 2. The fourth-order valence-corrected chi connectivity index (χ4v) is 3.01. The van der Waals surface area contributed by atoms with Crippen LogP contribution in [0.3, 0.4) is 0 Å². The first kappa shape index (κ1) is 16.7. The van der Waals surface area contributed by atoms with Crippen molar-refractivity contribution in [1.29, 1.82) is 0 Å². The molecule has 0 fully saturated rings. The van der Waals surface area contributed by atoms with Crippen LogP contribution < -0.4 is 0 Å². The maximum atomic E-state index is 12.6. The minimum Gasteiger partial charge on any atom is -0.361 e. The second kappa shape index (κ2) is 6.07. The highest BCUT2D eigenvalue weighted by molar-refractivity contribution is 5.97. The number of carbonyl (C=O) groups is 1. The summed E-state index contributed by atoms with van der Waals surface area (Å²) in [7, 11) is 1.39. The van der Waals surface area contributed by atoms with E-state index in [2.05, 4.69) is 0 Å². The molecule has 3 rings (SSSR count). The van der Waals surface area contributed by atoms with Gasteiger partial charge in [-0.2, -0.15) is 13.2 Å². The van der Waals surface area contributed by atoms with Crippen molar-refractivity contribution >= 4 is 5.91 Å². The van der Waals surface area contributed by atoms with Gasteiger partial charge < -0.3 is 4.74 Å². The van der Waals surface area contributed by atoms with Crippen molar-refractivity contribution < 1.29 is 27.5 Å². The molecule has 0 unspecified atom stereocenters. The largest absolute Gasteiger partial charge is 0.411 e. The van der Waals surface area contributed by atoms with Crippen molar-refractivity contribution in [1.82, 2.24) is 5.06 Å².